The first-order valence-corrected chi connectivity index (χ1v) is 7.91. The molecule has 114 valence electrons. The fraction of sp³-hybridized carbons (Fsp3) is 0.647. The van der Waals surface area contributed by atoms with Crippen LogP contribution in [0.15, 0.2) is 30.9 Å². The maximum atomic E-state index is 12.7. The van der Waals surface area contributed by atoms with Crippen molar-refractivity contribution in [2.24, 2.45) is 16.7 Å². The molecule has 1 N–H and O–H groups in total. The second kappa shape index (κ2) is 5.00. The quantitative estimate of drug-likeness (QED) is 0.668. The average molecular weight is 287 g/mol. The van der Waals surface area contributed by atoms with Gasteiger partial charge in [-0.2, -0.15) is 0 Å². The van der Waals surface area contributed by atoms with Gasteiger partial charge < -0.3 is 9.88 Å². The number of amides is 1. The topological polar surface area (TPSA) is 46.9 Å². The zero-order chi connectivity index (χ0) is 15.1. The summed E-state index contributed by atoms with van der Waals surface area (Å²) in [6.07, 6.45) is 9.60. The Morgan fingerprint density at radius 2 is 2.38 bits per heavy atom. The van der Waals surface area contributed by atoms with E-state index in [-0.39, 0.29) is 16.7 Å². The Hall–Kier alpha value is -1.58. The molecule has 0 aliphatic heterocycles. The van der Waals surface area contributed by atoms with Crippen molar-refractivity contribution in [2.75, 3.05) is 6.54 Å². The maximum Gasteiger partial charge on any atom is 0.230 e. The van der Waals surface area contributed by atoms with E-state index < -0.39 is 0 Å². The molecule has 2 bridgehead atoms. The summed E-state index contributed by atoms with van der Waals surface area (Å²) in [5.74, 6) is 0.827. The van der Waals surface area contributed by atoms with Crippen molar-refractivity contribution in [3.05, 3.63) is 30.9 Å². The van der Waals surface area contributed by atoms with Gasteiger partial charge in [0, 0.05) is 25.5 Å². The molecule has 0 saturated heterocycles. The lowest BCUT2D eigenvalue weighted by atomic mass is 9.68. The molecule has 1 heterocycles. The first-order valence-electron chi connectivity index (χ1n) is 7.91. The molecular weight excluding hydrogens is 262 g/mol. The Bertz CT molecular complexity index is 546. The van der Waals surface area contributed by atoms with Crippen LogP contribution in [-0.2, 0) is 11.3 Å². The van der Waals surface area contributed by atoms with E-state index in [0.717, 1.165) is 44.3 Å². The van der Waals surface area contributed by atoms with Crippen LogP contribution in [0.4, 0.5) is 0 Å². The summed E-state index contributed by atoms with van der Waals surface area (Å²) in [5, 5.41) is 3.14. The van der Waals surface area contributed by atoms with Gasteiger partial charge in [-0.15, -0.1) is 0 Å². The van der Waals surface area contributed by atoms with Crippen LogP contribution in [0.3, 0.4) is 0 Å². The molecule has 1 aromatic heterocycles. The molecule has 3 rings (SSSR count). The fourth-order valence-corrected chi connectivity index (χ4v) is 4.19. The van der Waals surface area contributed by atoms with Gasteiger partial charge in [-0.25, -0.2) is 4.98 Å². The van der Waals surface area contributed by atoms with Crippen molar-refractivity contribution in [3.63, 3.8) is 0 Å². The van der Waals surface area contributed by atoms with E-state index in [1.165, 1.54) is 0 Å². The second-order valence-corrected chi connectivity index (χ2v) is 7.13. The number of aryl methyl sites for hydroxylation is 1. The predicted octanol–water partition coefficient (Wildman–Crippen LogP) is 2.77. The van der Waals surface area contributed by atoms with Crippen molar-refractivity contribution >= 4 is 5.91 Å². The molecule has 0 radical (unpaired) electrons. The summed E-state index contributed by atoms with van der Waals surface area (Å²) in [4.78, 5) is 16.7. The number of aromatic nitrogens is 2. The van der Waals surface area contributed by atoms with Crippen molar-refractivity contribution in [1.29, 1.82) is 0 Å². The van der Waals surface area contributed by atoms with Gasteiger partial charge in [-0.05, 0) is 37.0 Å². The van der Waals surface area contributed by atoms with Gasteiger partial charge in [0.05, 0.1) is 11.7 Å². The molecule has 21 heavy (non-hydrogen) atoms. The molecule has 4 heteroatoms. The number of nitrogens with one attached hydrogen (secondary N) is 1. The monoisotopic (exact) mass is 287 g/mol. The van der Waals surface area contributed by atoms with E-state index >= 15 is 0 Å². The van der Waals surface area contributed by atoms with E-state index in [4.69, 9.17) is 0 Å². The van der Waals surface area contributed by atoms with E-state index in [9.17, 15) is 4.79 Å². The normalized spacial score (nSPS) is 29.8. The Balaban J connectivity index is 1.55. The van der Waals surface area contributed by atoms with Gasteiger partial charge in [0.25, 0.3) is 0 Å². The third kappa shape index (κ3) is 2.21. The van der Waals surface area contributed by atoms with Gasteiger partial charge in [0.1, 0.15) is 0 Å². The largest absolute Gasteiger partial charge is 0.355 e. The Morgan fingerprint density at radius 3 is 3.00 bits per heavy atom. The van der Waals surface area contributed by atoms with Crippen LogP contribution in [0.1, 0.15) is 39.5 Å². The Kier molecular flexibility index (Phi) is 3.42. The number of carbonyl (C=O) groups is 1. The minimum Gasteiger partial charge on any atom is -0.355 e. The number of hydrogen-bond acceptors (Lipinski definition) is 2. The number of rotatable bonds is 5. The van der Waals surface area contributed by atoms with Crippen LogP contribution in [0, 0.1) is 16.7 Å². The van der Waals surface area contributed by atoms with Gasteiger partial charge in [0.15, 0.2) is 0 Å². The average Bonchev–Trinajstić information content (AvgIpc) is 3.14. The highest BCUT2D eigenvalue weighted by Gasteiger charge is 2.60. The Morgan fingerprint density at radius 1 is 1.57 bits per heavy atom. The smallest absolute Gasteiger partial charge is 0.230 e. The molecule has 2 aliphatic rings. The molecule has 2 unspecified atom stereocenters. The summed E-state index contributed by atoms with van der Waals surface area (Å²) in [7, 11) is 0. The molecule has 1 amide bonds. The molecule has 0 spiro atoms. The number of carbonyl (C=O) groups excluding carboxylic acids is 1. The second-order valence-electron chi connectivity index (χ2n) is 7.13. The molecule has 2 fully saturated rings. The number of imidazole rings is 1. The van der Waals surface area contributed by atoms with Crippen molar-refractivity contribution < 1.29 is 4.79 Å². The lowest BCUT2D eigenvalue weighted by molar-refractivity contribution is -0.128. The van der Waals surface area contributed by atoms with Crippen molar-refractivity contribution in [3.8, 4) is 0 Å². The van der Waals surface area contributed by atoms with Gasteiger partial charge >= 0.3 is 0 Å². The SMILES string of the molecule is C=C1C2(C(=O)NCCCn3ccnc3)CCC(C2)C1(C)C. The zero-order valence-corrected chi connectivity index (χ0v) is 13.1. The van der Waals surface area contributed by atoms with Gasteiger partial charge in [0.2, 0.25) is 5.91 Å². The molecule has 4 nitrogen and oxygen atoms in total. The van der Waals surface area contributed by atoms with Crippen LogP contribution in [0.25, 0.3) is 0 Å². The van der Waals surface area contributed by atoms with Gasteiger partial charge in [-0.1, -0.05) is 26.0 Å². The van der Waals surface area contributed by atoms with E-state index in [0.29, 0.717) is 5.92 Å². The number of nitrogens with zero attached hydrogens (tertiary/aromatic N) is 2. The molecule has 2 aliphatic carbocycles. The summed E-state index contributed by atoms with van der Waals surface area (Å²) in [6, 6.07) is 0. The van der Waals surface area contributed by atoms with Crippen molar-refractivity contribution in [2.45, 2.75) is 46.1 Å². The fourth-order valence-electron chi connectivity index (χ4n) is 4.19. The molecule has 0 aromatic carbocycles. The highest BCUT2D eigenvalue weighted by Crippen LogP contribution is 2.65. The summed E-state index contributed by atoms with van der Waals surface area (Å²) < 4.78 is 2.04. The predicted molar refractivity (Wildman–Crippen MR) is 82.5 cm³/mol. The molecular formula is C17H25N3O. The van der Waals surface area contributed by atoms with E-state index in [1.807, 2.05) is 17.1 Å². The lowest BCUT2D eigenvalue weighted by Crippen LogP contribution is -2.42. The van der Waals surface area contributed by atoms with Crippen LogP contribution in [-0.4, -0.2) is 22.0 Å². The first-order chi connectivity index (χ1) is 9.97. The number of fused-ring (bicyclic) bond motifs is 2. The minimum atomic E-state index is -0.289. The maximum absolute atomic E-state index is 12.7. The third-order valence-corrected chi connectivity index (χ3v) is 5.76. The summed E-state index contributed by atoms with van der Waals surface area (Å²) in [5.41, 5.74) is 0.980. The zero-order valence-electron chi connectivity index (χ0n) is 13.1. The van der Waals surface area contributed by atoms with E-state index in [1.54, 1.807) is 6.20 Å². The first kappa shape index (κ1) is 14.4. The van der Waals surface area contributed by atoms with Crippen LogP contribution in [0.5, 0.6) is 0 Å². The summed E-state index contributed by atoms with van der Waals surface area (Å²) >= 11 is 0. The Labute approximate surface area is 126 Å². The van der Waals surface area contributed by atoms with E-state index in [2.05, 4.69) is 30.7 Å². The summed E-state index contributed by atoms with van der Waals surface area (Å²) in [6.45, 7) is 10.4. The highest BCUT2D eigenvalue weighted by molar-refractivity contribution is 5.87. The van der Waals surface area contributed by atoms with Crippen LogP contribution >= 0.6 is 0 Å². The standard InChI is InChI=1S/C17H25N3O/c1-13-16(2,3)14-5-6-17(13,11-14)15(21)19-7-4-9-20-10-8-18-12-20/h8,10,12,14H,1,4-7,9,11H2,2-3H3,(H,19,21). The van der Waals surface area contributed by atoms with Crippen molar-refractivity contribution in [1.82, 2.24) is 14.9 Å². The van der Waals surface area contributed by atoms with Crippen LogP contribution in [0.2, 0.25) is 0 Å². The third-order valence-electron chi connectivity index (χ3n) is 5.76. The molecule has 1 aromatic rings. The number of hydrogen-bond donors (Lipinski definition) is 1. The minimum absolute atomic E-state index is 0.117. The lowest BCUT2D eigenvalue weighted by Gasteiger charge is -2.37. The van der Waals surface area contributed by atoms with Crippen LogP contribution < -0.4 is 5.32 Å². The molecule has 2 atom stereocenters. The molecule has 2 saturated carbocycles. The highest BCUT2D eigenvalue weighted by atomic mass is 16.2. The van der Waals surface area contributed by atoms with Gasteiger partial charge in [-0.3, -0.25) is 4.79 Å².